The van der Waals surface area contributed by atoms with E-state index < -0.39 is 22.0 Å². The summed E-state index contributed by atoms with van der Waals surface area (Å²) >= 11 is 0. The topological polar surface area (TPSA) is 63.7 Å². The Hall–Kier alpha value is -2.18. The molecule has 1 aliphatic heterocycles. The zero-order valence-electron chi connectivity index (χ0n) is 15.7. The van der Waals surface area contributed by atoms with Crippen molar-refractivity contribution in [3.63, 3.8) is 0 Å². The summed E-state index contributed by atoms with van der Waals surface area (Å²) < 4.78 is 33.3. The number of sulfonamides is 1. The molecule has 0 N–H and O–H groups in total. The second-order valence-corrected chi connectivity index (χ2v) is 9.42. The first kappa shape index (κ1) is 19.2. The molecule has 2 unspecified atom stereocenters. The van der Waals surface area contributed by atoms with Gasteiger partial charge in [0, 0.05) is 6.04 Å². The molecule has 0 radical (unpaired) electrons. The lowest BCUT2D eigenvalue weighted by molar-refractivity contribution is -0.149. The van der Waals surface area contributed by atoms with Gasteiger partial charge in [0.1, 0.15) is 6.04 Å². The highest BCUT2D eigenvalue weighted by molar-refractivity contribution is 7.89. The van der Waals surface area contributed by atoms with E-state index in [-0.39, 0.29) is 16.9 Å². The highest BCUT2D eigenvalue weighted by Gasteiger charge is 2.55. The van der Waals surface area contributed by atoms with Gasteiger partial charge in [-0.3, -0.25) is 4.79 Å². The molecule has 1 heterocycles. The Morgan fingerprint density at radius 3 is 2.39 bits per heavy atom. The molecule has 2 aromatic rings. The van der Waals surface area contributed by atoms with Gasteiger partial charge in [-0.1, -0.05) is 48.5 Å². The number of ether oxygens (including phenoxy) is 1. The van der Waals surface area contributed by atoms with E-state index in [4.69, 9.17) is 4.74 Å². The lowest BCUT2D eigenvalue weighted by Crippen LogP contribution is -2.49. The van der Waals surface area contributed by atoms with E-state index in [1.165, 1.54) is 9.87 Å². The highest BCUT2D eigenvalue weighted by Crippen LogP contribution is 2.45. The molecule has 2 fully saturated rings. The summed E-state index contributed by atoms with van der Waals surface area (Å²) in [5, 5.41) is 0. The maximum absolute atomic E-state index is 13.2. The van der Waals surface area contributed by atoms with E-state index in [1.54, 1.807) is 30.3 Å². The highest BCUT2D eigenvalue weighted by atomic mass is 32.2. The Labute approximate surface area is 166 Å². The number of nitrogens with zero attached hydrogens (tertiary/aromatic N) is 1. The van der Waals surface area contributed by atoms with Crippen molar-refractivity contribution >= 4 is 16.0 Å². The van der Waals surface area contributed by atoms with Crippen molar-refractivity contribution in [3.8, 4) is 0 Å². The van der Waals surface area contributed by atoms with Crippen LogP contribution in [-0.2, 0) is 26.0 Å². The molecule has 5 nitrogen and oxygen atoms in total. The second-order valence-electron chi connectivity index (χ2n) is 7.58. The average molecular weight is 400 g/mol. The zero-order valence-corrected chi connectivity index (χ0v) is 16.6. The second kappa shape index (κ2) is 8.05. The fraction of sp³-hybridized carbons (Fsp3) is 0.409. The minimum absolute atomic E-state index is 0.0603. The number of carbonyl (C=O) groups excluding carboxylic acids is 1. The van der Waals surface area contributed by atoms with E-state index in [2.05, 4.69) is 0 Å². The molecule has 2 aromatic carbocycles. The van der Waals surface area contributed by atoms with Crippen LogP contribution < -0.4 is 0 Å². The standard InChI is InChI=1S/C22H25NO4S/c24-22(27-15-7-10-17-8-3-1-4-9-17)21-18-13-14-19(16-18)23(21)28(25,26)20-11-5-2-6-12-20/h1-6,8-9,11-12,18-19,21H,7,10,13-16H2/t18?,19?,21-/m0/s1. The lowest BCUT2D eigenvalue weighted by Gasteiger charge is -2.32. The predicted molar refractivity (Wildman–Crippen MR) is 106 cm³/mol. The first-order chi connectivity index (χ1) is 13.6. The zero-order chi connectivity index (χ0) is 19.6. The fourth-order valence-corrected chi connectivity index (χ4v) is 6.37. The summed E-state index contributed by atoms with van der Waals surface area (Å²) in [5.74, 6) is -0.343. The summed E-state index contributed by atoms with van der Waals surface area (Å²) in [6.07, 6.45) is 4.00. The van der Waals surface area contributed by atoms with Crippen molar-refractivity contribution in [2.45, 2.75) is 49.1 Å². The van der Waals surface area contributed by atoms with Crippen LogP contribution in [0.25, 0.3) is 0 Å². The smallest absolute Gasteiger partial charge is 0.324 e. The Bertz CT molecular complexity index is 914. The van der Waals surface area contributed by atoms with Crippen LogP contribution in [0.3, 0.4) is 0 Å². The molecule has 0 aromatic heterocycles. The van der Waals surface area contributed by atoms with Crippen LogP contribution in [0.1, 0.15) is 31.2 Å². The van der Waals surface area contributed by atoms with Gasteiger partial charge >= 0.3 is 5.97 Å². The van der Waals surface area contributed by atoms with E-state index in [9.17, 15) is 13.2 Å². The molecule has 28 heavy (non-hydrogen) atoms. The summed E-state index contributed by atoms with van der Waals surface area (Å²) in [5.41, 5.74) is 1.20. The number of carbonyl (C=O) groups is 1. The van der Waals surface area contributed by atoms with Crippen LogP contribution in [-0.4, -0.2) is 37.4 Å². The van der Waals surface area contributed by atoms with E-state index in [0.29, 0.717) is 6.61 Å². The number of benzene rings is 2. The third-order valence-corrected chi connectivity index (χ3v) is 7.73. The van der Waals surface area contributed by atoms with Crippen molar-refractivity contribution in [2.24, 2.45) is 5.92 Å². The Balaban J connectivity index is 1.43. The third kappa shape index (κ3) is 3.71. The molecular weight excluding hydrogens is 374 g/mol. The van der Waals surface area contributed by atoms with Crippen LogP contribution in [0.4, 0.5) is 0 Å². The third-order valence-electron chi connectivity index (χ3n) is 5.78. The van der Waals surface area contributed by atoms with Crippen molar-refractivity contribution in [3.05, 3.63) is 66.2 Å². The monoisotopic (exact) mass is 399 g/mol. The predicted octanol–water partition coefficient (Wildman–Crippen LogP) is 3.40. The first-order valence-electron chi connectivity index (χ1n) is 9.86. The van der Waals surface area contributed by atoms with Gasteiger partial charge in [0.25, 0.3) is 0 Å². The molecular formula is C22H25NO4S. The van der Waals surface area contributed by atoms with Crippen molar-refractivity contribution in [2.75, 3.05) is 6.61 Å². The SMILES string of the molecule is O=C(OCCCc1ccccc1)[C@@H]1C2CCC(C2)N1S(=O)(=O)c1ccccc1. The fourth-order valence-electron chi connectivity index (χ4n) is 4.48. The molecule has 0 amide bonds. The molecule has 4 rings (SSSR count). The lowest BCUT2D eigenvalue weighted by atomic mass is 10.0. The number of hydrogen-bond acceptors (Lipinski definition) is 4. The van der Waals surface area contributed by atoms with Crippen LogP contribution in [0, 0.1) is 5.92 Å². The molecule has 148 valence electrons. The summed E-state index contributed by atoms with van der Waals surface area (Å²) in [7, 11) is -3.70. The average Bonchev–Trinajstić information content (AvgIpc) is 3.34. The Kier molecular flexibility index (Phi) is 5.51. The summed E-state index contributed by atoms with van der Waals surface area (Å²) in [6, 6.07) is 17.6. The largest absolute Gasteiger partial charge is 0.464 e. The van der Waals surface area contributed by atoms with Crippen molar-refractivity contribution < 1.29 is 17.9 Å². The van der Waals surface area contributed by atoms with Crippen LogP contribution in [0.15, 0.2) is 65.6 Å². The minimum atomic E-state index is -3.70. The summed E-state index contributed by atoms with van der Waals surface area (Å²) in [6.45, 7) is 0.306. The maximum atomic E-state index is 13.2. The van der Waals surface area contributed by atoms with Gasteiger partial charge in [0.2, 0.25) is 10.0 Å². The molecule has 1 aliphatic carbocycles. The van der Waals surface area contributed by atoms with Gasteiger partial charge in [-0.2, -0.15) is 4.31 Å². The molecule has 0 spiro atoms. The molecule has 2 aliphatic rings. The number of piperidine rings is 1. The van der Waals surface area contributed by atoms with Crippen LogP contribution in [0.2, 0.25) is 0 Å². The Morgan fingerprint density at radius 1 is 1.00 bits per heavy atom. The van der Waals surface area contributed by atoms with Crippen LogP contribution >= 0.6 is 0 Å². The van der Waals surface area contributed by atoms with Gasteiger partial charge in [-0.25, -0.2) is 8.42 Å². The van der Waals surface area contributed by atoms with Gasteiger partial charge in [-0.05, 0) is 55.7 Å². The van der Waals surface area contributed by atoms with Crippen molar-refractivity contribution in [1.29, 1.82) is 0 Å². The van der Waals surface area contributed by atoms with Gasteiger partial charge in [0.15, 0.2) is 0 Å². The molecule has 1 saturated heterocycles. The van der Waals surface area contributed by atoms with E-state index >= 15 is 0 Å². The van der Waals surface area contributed by atoms with Gasteiger partial charge < -0.3 is 4.74 Å². The first-order valence-corrected chi connectivity index (χ1v) is 11.3. The quantitative estimate of drug-likeness (QED) is 0.529. The number of aryl methyl sites for hydroxylation is 1. The normalized spacial score (nSPS) is 24.4. The van der Waals surface area contributed by atoms with Crippen LogP contribution in [0.5, 0.6) is 0 Å². The number of esters is 1. The van der Waals surface area contributed by atoms with Gasteiger partial charge in [-0.15, -0.1) is 0 Å². The van der Waals surface area contributed by atoms with E-state index in [0.717, 1.165) is 32.1 Å². The minimum Gasteiger partial charge on any atom is -0.464 e. The Morgan fingerprint density at radius 2 is 1.68 bits per heavy atom. The maximum Gasteiger partial charge on any atom is 0.324 e. The van der Waals surface area contributed by atoms with Gasteiger partial charge in [0.05, 0.1) is 11.5 Å². The molecule has 1 saturated carbocycles. The molecule has 3 atom stereocenters. The summed E-state index contributed by atoms with van der Waals surface area (Å²) in [4.78, 5) is 13.0. The molecule has 6 heteroatoms. The number of hydrogen-bond donors (Lipinski definition) is 0. The van der Waals surface area contributed by atoms with E-state index in [1.807, 2.05) is 30.3 Å². The van der Waals surface area contributed by atoms with Crippen molar-refractivity contribution in [1.82, 2.24) is 4.31 Å². The molecule has 2 bridgehead atoms. The number of fused-ring (bicyclic) bond motifs is 2. The number of rotatable bonds is 7.